The molecule has 1 amide bonds. The van der Waals surface area contributed by atoms with Crippen LogP contribution in [0.4, 0.5) is 11.4 Å². The van der Waals surface area contributed by atoms with Gasteiger partial charge in [0.25, 0.3) is 0 Å². The van der Waals surface area contributed by atoms with Crippen molar-refractivity contribution in [2.75, 3.05) is 4.90 Å². The van der Waals surface area contributed by atoms with Gasteiger partial charge in [-0.3, -0.25) is 9.69 Å². The van der Waals surface area contributed by atoms with Gasteiger partial charge in [0.15, 0.2) is 0 Å². The van der Waals surface area contributed by atoms with Crippen molar-refractivity contribution in [3.63, 3.8) is 0 Å². The fourth-order valence-electron chi connectivity index (χ4n) is 2.63. The van der Waals surface area contributed by atoms with Crippen LogP contribution in [0.2, 0.25) is 10.0 Å². The molecule has 2 nitrogen and oxygen atoms in total. The Labute approximate surface area is 155 Å². The standard InChI is InChI=1S/C19H14Cl3NO/c1-12(20)19(24)23(13-7-3-2-4-8-13)18-15-10-6-5-9-14(15)16(21)11-17(18)22/h2-12H,1H3. The van der Waals surface area contributed by atoms with Crippen molar-refractivity contribution < 1.29 is 4.79 Å². The van der Waals surface area contributed by atoms with E-state index in [2.05, 4.69) is 0 Å². The number of hydrogen-bond acceptors (Lipinski definition) is 1. The van der Waals surface area contributed by atoms with E-state index in [1.807, 2.05) is 54.6 Å². The van der Waals surface area contributed by atoms with Crippen LogP contribution in [0.15, 0.2) is 60.7 Å². The van der Waals surface area contributed by atoms with Gasteiger partial charge in [-0.05, 0) is 25.1 Å². The van der Waals surface area contributed by atoms with Gasteiger partial charge in [-0.2, -0.15) is 0 Å². The highest BCUT2D eigenvalue weighted by Crippen LogP contribution is 2.42. The minimum Gasteiger partial charge on any atom is -0.278 e. The number of anilines is 2. The summed E-state index contributed by atoms with van der Waals surface area (Å²) in [5.74, 6) is -0.253. The zero-order valence-electron chi connectivity index (χ0n) is 12.8. The molecule has 0 saturated heterocycles. The van der Waals surface area contributed by atoms with E-state index >= 15 is 0 Å². The normalized spacial score (nSPS) is 12.2. The SMILES string of the molecule is CC(Cl)C(=O)N(c1ccccc1)c1c(Cl)cc(Cl)c2ccccc12. The zero-order valence-corrected chi connectivity index (χ0v) is 15.1. The summed E-state index contributed by atoms with van der Waals surface area (Å²) in [6.45, 7) is 1.64. The number of hydrogen-bond donors (Lipinski definition) is 0. The van der Waals surface area contributed by atoms with Gasteiger partial charge in [0.05, 0.1) is 15.7 Å². The Hall–Kier alpha value is -1.74. The highest BCUT2D eigenvalue weighted by molar-refractivity contribution is 6.42. The third-order valence-corrected chi connectivity index (χ3v) is 4.51. The molecule has 0 heterocycles. The first kappa shape index (κ1) is 17.1. The lowest BCUT2D eigenvalue weighted by atomic mass is 10.1. The van der Waals surface area contributed by atoms with E-state index in [1.54, 1.807) is 17.9 Å². The fourth-order valence-corrected chi connectivity index (χ4v) is 3.36. The van der Waals surface area contributed by atoms with E-state index in [0.29, 0.717) is 21.4 Å². The molecule has 0 saturated carbocycles. The summed E-state index contributed by atoms with van der Waals surface area (Å²) >= 11 is 18.9. The number of carbonyl (C=O) groups is 1. The summed E-state index contributed by atoms with van der Waals surface area (Å²) in [5.41, 5.74) is 1.28. The molecule has 0 radical (unpaired) electrons. The molecule has 3 aromatic carbocycles. The van der Waals surface area contributed by atoms with Crippen molar-refractivity contribution in [2.24, 2.45) is 0 Å². The first-order valence-corrected chi connectivity index (χ1v) is 8.59. The number of amides is 1. The predicted octanol–water partition coefficient (Wildman–Crippen LogP) is 6.44. The molecule has 1 atom stereocenters. The highest BCUT2D eigenvalue weighted by atomic mass is 35.5. The topological polar surface area (TPSA) is 20.3 Å². The molecule has 0 spiro atoms. The molecule has 0 N–H and O–H groups in total. The van der Waals surface area contributed by atoms with Gasteiger partial charge in [0.2, 0.25) is 5.91 Å². The van der Waals surface area contributed by atoms with Crippen LogP contribution in [0, 0.1) is 0 Å². The molecule has 0 aliphatic heterocycles. The van der Waals surface area contributed by atoms with Crippen LogP contribution in [-0.2, 0) is 4.79 Å². The van der Waals surface area contributed by atoms with Gasteiger partial charge in [0.1, 0.15) is 5.38 Å². The Balaban J connectivity index is 2.34. The van der Waals surface area contributed by atoms with Gasteiger partial charge >= 0.3 is 0 Å². The Morgan fingerprint density at radius 3 is 2.12 bits per heavy atom. The van der Waals surface area contributed by atoms with Crippen molar-refractivity contribution in [1.82, 2.24) is 0 Å². The van der Waals surface area contributed by atoms with Gasteiger partial charge in [-0.15, -0.1) is 11.6 Å². The van der Waals surface area contributed by atoms with E-state index in [0.717, 1.165) is 10.8 Å². The average Bonchev–Trinajstić information content (AvgIpc) is 2.58. The third-order valence-electron chi connectivity index (χ3n) is 3.72. The summed E-state index contributed by atoms with van der Waals surface area (Å²) in [6.07, 6.45) is 0. The Morgan fingerprint density at radius 1 is 0.917 bits per heavy atom. The molecule has 3 aromatic rings. The second-order valence-electron chi connectivity index (χ2n) is 5.36. The molecule has 3 rings (SSSR count). The van der Waals surface area contributed by atoms with E-state index < -0.39 is 5.38 Å². The number of halogens is 3. The van der Waals surface area contributed by atoms with Crippen LogP contribution >= 0.6 is 34.8 Å². The van der Waals surface area contributed by atoms with Crippen LogP contribution in [0.1, 0.15) is 6.92 Å². The van der Waals surface area contributed by atoms with Gasteiger partial charge < -0.3 is 0 Å². The van der Waals surface area contributed by atoms with Crippen molar-refractivity contribution >= 4 is 62.9 Å². The number of alkyl halides is 1. The molecular formula is C19H14Cl3NO. The zero-order chi connectivity index (χ0) is 17.3. The average molecular weight is 379 g/mol. The number of carbonyl (C=O) groups excluding carboxylic acids is 1. The smallest absolute Gasteiger partial charge is 0.249 e. The molecular weight excluding hydrogens is 365 g/mol. The Morgan fingerprint density at radius 2 is 1.50 bits per heavy atom. The van der Waals surface area contributed by atoms with Crippen LogP contribution in [0.5, 0.6) is 0 Å². The van der Waals surface area contributed by atoms with E-state index in [1.165, 1.54) is 0 Å². The minimum absolute atomic E-state index is 0.253. The van der Waals surface area contributed by atoms with Crippen LogP contribution in [-0.4, -0.2) is 11.3 Å². The summed E-state index contributed by atoms with van der Waals surface area (Å²) < 4.78 is 0. The molecule has 122 valence electrons. The summed E-state index contributed by atoms with van der Waals surface area (Å²) in [4.78, 5) is 14.4. The summed E-state index contributed by atoms with van der Waals surface area (Å²) in [7, 11) is 0. The maximum Gasteiger partial charge on any atom is 0.249 e. The van der Waals surface area contributed by atoms with E-state index in [4.69, 9.17) is 34.8 Å². The maximum atomic E-state index is 12.8. The van der Waals surface area contributed by atoms with Crippen LogP contribution in [0.25, 0.3) is 10.8 Å². The Kier molecular flexibility index (Phi) is 5.00. The molecule has 0 fully saturated rings. The fraction of sp³-hybridized carbons (Fsp3) is 0.105. The van der Waals surface area contributed by atoms with Crippen molar-refractivity contribution in [3.05, 3.63) is 70.7 Å². The number of rotatable bonds is 3. The number of fused-ring (bicyclic) bond motifs is 1. The molecule has 0 aliphatic rings. The molecule has 0 bridgehead atoms. The van der Waals surface area contributed by atoms with Crippen molar-refractivity contribution in [3.8, 4) is 0 Å². The summed E-state index contributed by atoms with van der Waals surface area (Å²) in [5, 5.41) is 1.86. The minimum atomic E-state index is -0.698. The van der Waals surface area contributed by atoms with Crippen LogP contribution in [0.3, 0.4) is 0 Å². The first-order chi connectivity index (χ1) is 11.5. The number of para-hydroxylation sites is 1. The maximum absolute atomic E-state index is 12.8. The second kappa shape index (κ2) is 7.02. The molecule has 1 unspecified atom stereocenters. The molecule has 24 heavy (non-hydrogen) atoms. The van der Waals surface area contributed by atoms with E-state index in [-0.39, 0.29) is 5.91 Å². The van der Waals surface area contributed by atoms with E-state index in [9.17, 15) is 4.79 Å². The predicted molar refractivity (Wildman–Crippen MR) is 103 cm³/mol. The third kappa shape index (κ3) is 3.10. The lowest BCUT2D eigenvalue weighted by Gasteiger charge is -2.27. The molecule has 0 aromatic heterocycles. The lowest BCUT2D eigenvalue weighted by molar-refractivity contribution is -0.117. The highest BCUT2D eigenvalue weighted by Gasteiger charge is 2.26. The first-order valence-electron chi connectivity index (χ1n) is 7.40. The van der Waals surface area contributed by atoms with Crippen LogP contribution < -0.4 is 4.90 Å². The Bertz CT molecular complexity index is 894. The van der Waals surface area contributed by atoms with Gasteiger partial charge in [0, 0.05) is 16.5 Å². The molecule has 5 heteroatoms. The van der Waals surface area contributed by atoms with Gasteiger partial charge in [-0.25, -0.2) is 0 Å². The second-order valence-corrected chi connectivity index (χ2v) is 6.83. The monoisotopic (exact) mass is 377 g/mol. The quantitative estimate of drug-likeness (QED) is 0.480. The largest absolute Gasteiger partial charge is 0.278 e. The number of nitrogens with zero attached hydrogens (tertiary/aromatic N) is 1. The van der Waals surface area contributed by atoms with Crippen molar-refractivity contribution in [2.45, 2.75) is 12.3 Å². The molecule has 0 aliphatic carbocycles. The van der Waals surface area contributed by atoms with Gasteiger partial charge in [-0.1, -0.05) is 65.7 Å². The number of benzene rings is 3. The lowest BCUT2D eigenvalue weighted by Crippen LogP contribution is -2.32. The summed E-state index contributed by atoms with van der Waals surface area (Å²) in [6, 6.07) is 18.5. The van der Waals surface area contributed by atoms with Crippen molar-refractivity contribution in [1.29, 1.82) is 0 Å².